The highest BCUT2D eigenvalue weighted by atomic mass is 16.3. The summed E-state index contributed by atoms with van der Waals surface area (Å²) in [5.41, 5.74) is 0.949. The van der Waals surface area contributed by atoms with Crippen molar-refractivity contribution in [2.24, 2.45) is 0 Å². The number of rotatable bonds is 4. The van der Waals surface area contributed by atoms with Crippen molar-refractivity contribution in [3.8, 4) is 0 Å². The van der Waals surface area contributed by atoms with Crippen molar-refractivity contribution >= 4 is 5.91 Å². The molecule has 92 valence electrons. The number of aromatic nitrogens is 1. The number of aliphatic hydroxyl groups is 1. The van der Waals surface area contributed by atoms with Crippen molar-refractivity contribution in [1.29, 1.82) is 0 Å². The lowest BCUT2D eigenvalue weighted by Crippen LogP contribution is -2.55. The summed E-state index contributed by atoms with van der Waals surface area (Å²) in [5.74, 6) is 0.00114. The van der Waals surface area contributed by atoms with Gasteiger partial charge in [-0.05, 0) is 18.6 Å². The second-order valence-electron chi connectivity index (χ2n) is 4.11. The summed E-state index contributed by atoms with van der Waals surface area (Å²) in [7, 11) is 0. The van der Waals surface area contributed by atoms with Crippen LogP contribution in [0.1, 0.15) is 12.1 Å². The van der Waals surface area contributed by atoms with Gasteiger partial charge in [0, 0.05) is 32.4 Å². The van der Waals surface area contributed by atoms with Gasteiger partial charge in [0.1, 0.15) is 0 Å². The number of piperazine rings is 1. The third-order valence-electron chi connectivity index (χ3n) is 2.94. The average molecular weight is 235 g/mol. The molecule has 5 nitrogen and oxygen atoms in total. The van der Waals surface area contributed by atoms with Crippen molar-refractivity contribution < 1.29 is 9.90 Å². The van der Waals surface area contributed by atoms with Crippen molar-refractivity contribution in [3.63, 3.8) is 0 Å². The van der Waals surface area contributed by atoms with Gasteiger partial charge in [-0.2, -0.15) is 0 Å². The van der Waals surface area contributed by atoms with Gasteiger partial charge in [0.15, 0.2) is 0 Å². The summed E-state index contributed by atoms with van der Waals surface area (Å²) in [6.07, 6.45) is 2.22. The summed E-state index contributed by atoms with van der Waals surface area (Å²) >= 11 is 0. The molecule has 0 saturated carbocycles. The predicted octanol–water partition coefficient (Wildman–Crippen LogP) is -0.236. The number of carbonyl (C=O) groups excluding carboxylic acids is 1. The molecule has 2 heterocycles. The highest BCUT2D eigenvalue weighted by molar-refractivity contribution is 5.82. The molecule has 1 unspecified atom stereocenters. The molecule has 2 rings (SSSR count). The van der Waals surface area contributed by atoms with Gasteiger partial charge in [-0.25, -0.2) is 0 Å². The van der Waals surface area contributed by atoms with Crippen LogP contribution in [0.3, 0.4) is 0 Å². The van der Waals surface area contributed by atoms with E-state index in [2.05, 4.69) is 15.2 Å². The van der Waals surface area contributed by atoms with Crippen LogP contribution >= 0.6 is 0 Å². The first-order valence-corrected chi connectivity index (χ1v) is 5.84. The number of nitrogens with zero attached hydrogens (tertiary/aromatic N) is 2. The fourth-order valence-corrected chi connectivity index (χ4v) is 2.09. The fraction of sp³-hybridized carbons (Fsp3) is 0.500. The maximum Gasteiger partial charge on any atom is 0.237 e. The molecule has 5 heteroatoms. The van der Waals surface area contributed by atoms with Crippen LogP contribution in [0, 0.1) is 0 Å². The lowest BCUT2D eigenvalue weighted by molar-refractivity contribution is -0.130. The van der Waals surface area contributed by atoms with Gasteiger partial charge in [-0.15, -0.1) is 0 Å². The first kappa shape index (κ1) is 12.0. The van der Waals surface area contributed by atoms with Gasteiger partial charge in [0.25, 0.3) is 0 Å². The van der Waals surface area contributed by atoms with Crippen molar-refractivity contribution in [1.82, 2.24) is 15.2 Å². The van der Waals surface area contributed by atoms with Crippen LogP contribution in [0.15, 0.2) is 24.4 Å². The van der Waals surface area contributed by atoms with Crippen LogP contribution < -0.4 is 5.32 Å². The molecule has 1 amide bonds. The number of hydrogen-bond acceptors (Lipinski definition) is 4. The van der Waals surface area contributed by atoms with E-state index in [-0.39, 0.29) is 18.6 Å². The Kier molecular flexibility index (Phi) is 4.06. The Bertz CT molecular complexity index is 369. The van der Waals surface area contributed by atoms with E-state index in [0.717, 1.165) is 12.2 Å². The Morgan fingerprint density at radius 2 is 2.41 bits per heavy atom. The quantitative estimate of drug-likeness (QED) is 0.756. The molecule has 0 aromatic carbocycles. The Morgan fingerprint density at radius 1 is 1.53 bits per heavy atom. The molecule has 0 spiro atoms. The maximum atomic E-state index is 11.7. The molecule has 17 heavy (non-hydrogen) atoms. The van der Waals surface area contributed by atoms with E-state index in [1.807, 2.05) is 18.2 Å². The highest BCUT2D eigenvalue weighted by Crippen LogP contribution is 2.12. The van der Waals surface area contributed by atoms with Crippen LogP contribution in [0.5, 0.6) is 0 Å². The third kappa shape index (κ3) is 3.01. The highest BCUT2D eigenvalue weighted by Gasteiger charge is 2.28. The number of carbonyl (C=O) groups is 1. The van der Waals surface area contributed by atoms with E-state index in [4.69, 9.17) is 5.11 Å². The summed E-state index contributed by atoms with van der Waals surface area (Å²) in [6.45, 7) is 2.14. The van der Waals surface area contributed by atoms with E-state index in [0.29, 0.717) is 19.5 Å². The Morgan fingerprint density at radius 3 is 3.12 bits per heavy atom. The zero-order chi connectivity index (χ0) is 12.1. The van der Waals surface area contributed by atoms with Gasteiger partial charge >= 0.3 is 0 Å². The van der Waals surface area contributed by atoms with Crippen LogP contribution in [-0.2, 0) is 11.3 Å². The Hall–Kier alpha value is -1.46. The minimum atomic E-state index is -0.240. The predicted molar refractivity (Wildman–Crippen MR) is 63.1 cm³/mol. The summed E-state index contributed by atoms with van der Waals surface area (Å²) < 4.78 is 0. The van der Waals surface area contributed by atoms with Crippen LogP contribution in [-0.4, -0.2) is 46.6 Å². The van der Waals surface area contributed by atoms with E-state index in [1.54, 1.807) is 6.20 Å². The standard InChI is InChI=1S/C12H17N3O2/c16-8-4-11-12(17)14-6-7-15(11)9-10-3-1-2-5-13-10/h1-3,5,11,16H,4,6-9H2,(H,14,17). The molecule has 1 aliphatic rings. The van der Waals surface area contributed by atoms with E-state index in [9.17, 15) is 4.79 Å². The van der Waals surface area contributed by atoms with Gasteiger partial charge in [0.05, 0.1) is 11.7 Å². The molecule has 1 aromatic heterocycles. The second-order valence-corrected chi connectivity index (χ2v) is 4.11. The maximum absolute atomic E-state index is 11.7. The summed E-state index contributed by atoms with van der Waals surface area (Å²) in [5, 5.41) is 11.8. The molecule has 0 aliphatic carbocycles. The topological polar surface area (TPSA) is 65.5 Å². The molecule has 1 aromatic rings. The Balaban J connectivity index is 2.04. The van der Waals surface area contributed by atoms with Crippen LogP contribution in [0.25, 0.3) is 0 Å². The van der Waals surface area contributed by atoms with Gasteiger partial charge in [-0.3, -0.25) is 14.7 Å². The largest absolute Gasteiger partial charge is 0.396 e. The van der Waals surface area contributed by atoms with E-state index < -0.39 is 0 Å². The number of hydrogen-bond donors (Lipinski definition) is 2. The van der Waals surface area contributed by atoms with Crippen molar-refractivity contribution in [2.45, 2.75) is 19.0 Å². The molecule has 0 radical (unpaired) electrons. The number of aliphatic hydroxyl groups excluding tert-OH is 1. The molecule has 1 aliphatic heterocycles. The number of pyridine rings is 1. The zero-order valence-electron chi connectivity index (χ0n) is 9.67. The van der Waals surface area contributed by atoms with Crippen molar-refractivity contribution in [3.05, 3.63) is 30.1 Å². The first-order valence-electron chi connectivity index (χ1n) is 5.84. The molecule has 2 N–H and O–H groups in total. The summed E-state index contributed by atoms with van der Waals surface area (Å²) in [6, 6.07) is 5.52. The molecular weight excluding hydrogens is 218 g/mol. The van der Waals surface area contributed by atoms with Gasteiger partial charge < -0.3 is 10.4 Å². The molecule has 1 fully saturated rings. The monoisotopic (exact) mass is 235 g/mol. The smallest absolute Gasteiger partial charge is 0.237 e. The number of amides is 1. The summed E-state index contributed by atoms with van der Waals surface area (Å²) in [4.78, 5) is 18.0. The van der Waals surface area contributed by atoms with E-state index >= 15 is 0 Å². The number of nitrogens with one attached hydrogen (secondary N) is 1. The van der Waals surface area contributed by atoms with Crippen molar-refractivity contribution in [2.75, 3.05) is 19.7 Å². The van der Waals surface area contributed by atoms with Gasteiger partial charge in [-0.1, -0.05) is 6.07 Å². The first-order chi connectivity index (χ1) is 8.31. The molecule has 1 saturated heterocycles. The minimum absolute atomic E-state index is 0.00114. The fourth-order valence-electron chi connectivity index (χ4n) is 2.09. The zero-order valence-corrected chi connectivity index (χ0v) is 9.67. The van der Waals surface area contributed by atoms with Crippen LogP contribution in [0.4, 0.5) is 0 Å². The average Bonchev–Trinajstić information content (AvgIpc) is 2.35. The third-order valence-corrected chi connectivity index (χ3v) is 2.94. The van der Waals surface area contributed by atoms with E-state index in [1.165, 1.54) is 0 Å². The SMILES string of the molecule is O=C1NCCN(Cc2ccccn2)C1CCO. The second kappa shape index (κ2) is 5.75. The Labute approximate surface area is 100 Å². The normalized spacial score (nSPS) is 21.2. The lowest BCUT2D eigenvalue weighted by atomic mass is 10.1. The molecule has 0 bridgehead atoms. The van der Waals surface area contributed by atoms with Gasteiger partial charge in [0.2, 0.25) is 5.91 Å². The molecule has 1 atom stereocenters. The lowest BCUT2D eigenvalue weighted by Gasteiger charge is -2.34. The molecular formula is C12H17N3O2. The van der Waals surface area contributed by atoms with Crippen LogP contribution in [0.2, 0.25) is 0 Å². The minimum Gasteiger partial charge on any atom is -0.396 e.